The first-order valence-corrected chi connectivity index (χ1v) is 9.30. The number of aromatic amines is 1. The molecule has 8 heteroatoms. The molecule has 0 radical (unpaired) electrons. The summed E-state index contributed by atoms with van der Waals surface area (Å²) in [6.45, 7) is 0. The van der Waals surface area contributed by atoms with Gasteiger partial charge in [0.2, 0.25) is 0 Å². The van der Waals surface area contributed by atoms with Gasteiger partial charge in [0.05, 0.1) is 24.9 Å². The molecule has 3 rings (SSSR count). The molecular weight excluding hydrogens is 358 g/mol. The first kappa shape index (κ1) is 17.4. The van der Waals surface area contributed by atoms with E-state index in [1.54, 1.807) is 11.3 Å². The van der Waals surface area contributed by atoms with E-state index < -0.39 is 5.97 Å². The van der Waals surface area contributed by atoms with Crippen LogP contribution in [-0.2, 0) is 21.7 Å². The van der Waals surface area contributed by atoms with Crippen LogP contribution in [0.1, 0.15) is 11.4 Å². The Hall–Kier alpha value is -2.45. The van der Waals surface area contributed by atoms with Gasteiger partial charge in [-0.15, -0.1) is 11.3 Å². The summed E-state index contributed by atoms with van der Waals surface area (Å²) in [6, 6.07) is 11.3. The van der Waals surface area contributed by atoms with Crippen LogP contribution in [0, 0.1) is 0 Å². The zero-order valence-electron chi connectivity index (χ0n) is 13.4. The van der Waals surface area contributed by atoms with Gasteiger partial charge in [-0.1, -0.05) is 42.1 Å². The zero-order chi connectivity index (χ0) is 17.6. The van der Waals surface area contributed by atoms with Crippen molar-refractivity contribution < 1.29 is 9.53 Å². The van der Waals surface area contributed by atoms with E-state index in [-0.39, 0.29) is 12.0 Å². The molecule has 0 aliphatic heterocycles. The first-order valence-electron chi connectivity index (χ1n) is 7.44. The van der Waals surface area contributed by atoms with Crippen LogP contribution in [-0.4, -0.2) is 28.0 Å². The quantitative estimate of drug-likeness (QED) is 0.406. The maximum absolute atomic E-state index is 11.7. The molecule has 0 saturated carbocycles. The molecule has 0 amide bonds. The summed E-state index contributed by atoms with van der Waals surface area (Å²) in [5, 5.41) is 3.41. The summed E-state index contributed by atoms with van der Waals surface area (Å²) < 4.78 is 4.60. The lowest BCUT2D eigenvalue weighted by Gasteiger charge is -2.02. The van der Waals surface area contributed by atoms with E-state index in [0.717, 1.165) is 16.3 Å². The van der Waals surface area contributed by atoms with Gasteiger partial charge in [0.25, 0.3) is 5.56 Å². The summed E-state index contributed by atoms with van der Waals surface area (Å²) >= 11 is 2.95. The van der Waals surface area contributed by atoms with Crippen molar-refractivity contribution in [3.05, 3.63) is 63.5 Å². The Kier molecular flexibility index (Phi) is 5.62. The molecule has 0 bridgehead atoms. The summed E-state index contributed by atoms with van der Waals surface area (Å²) in [6.07, 6.45) is -0.0250. The van der Waals surface area contributed by atoms with Crippen LogP contribution >= 0.6 is 23.1 Å². The standard InChI is InChI=1S/C17H15N3O3S2/c1-23-15(22)8-12-7-14(21)20-17(19-12)25-10-13-9-24-16(18-13)11-5-3-2-4-6-11/h2-7,9H,8,10H2,1H3,(H,19,20,21). The van der Waals surface area contributed by atoms with Crippen LogP contribution < -0.4 is 5.56 Å². The van der Waals surface area contributed by atoms with E-state index >= 15 is 0 Å². The minimum absolute atomic E-state index is 0.0250. The van der Waals surface area contributed by atoms with Crippen LogP contribution in [0.2, 0.25) is 0 Å². The fourth-order valence-electron chi connectivity index (χ4n) is 2.09. The van der Waals surface area contributed by atoms with Crippen molar-refractivity contribution in [3.8, 4) is 10.6 Å². The van der Waals surface area contributed by atoms with Crippen molar-refractivity contribution in [1.29, 1.82) is 0 Å². The second kappa shape index (κ2) is 8.09. The molecule has 25 heavy (non-hydrogen) atoms. The van der Waals surface area contributed by atoms with Gasteiger partial charge in [0.15, 0.2) is 5.16 Å². The Morgan fingerprint density at radius 3 is 2.80 bits per heavy atom. The van der Waals surface area contributed by atoms with E-state index in [2.05, 4.69) is 19.7 Å². The van der Waals surface area contributed by atoms with Crippen molar-refractivity contribution in [2.24, 2.45) is 0 Å². The highest BCUT2D eigenvalue weighted by atomic mass is 32.2. The average molecular weight is 373 g/mol. The first-order chi connectivity index (χ1) is 12.1. The van der Waals surface area contributed by atoms with E-state index in [1.165, 1.54) is 24.9 Å². The van der Waals surface area contributed by atoms with Gasteiger partial charge in [0.1, 0.15) is 5.01 Å². The summed E-state index contributed by atoms with van der Waals surface area (Å²) in [7, 11) is 1.30. The van der Waals surface area contributed by atoms with Crippen LogP contribution in [0.5, 0.6) is 0 Å². The molecule has 0 aliphatic rings. The fraction of sp³-hybridized carbons (Fsp3) is 0.176. The lowest BCUT2D eigenvalue weighted by atomic mass is 10.2. The smallest absolute Gasteiger partial charge is 0.311 e. The second-order valence-corrected chi connectivity index (χ2v) is 6.92. The number of ether oxygens (including phenoxy) is 1. The molecule has 0 fully saturated rings. The fourth-order valence-corrected chi connectivity index (χ4v) is 3.81. The SMILES string of the molecule is COC(=O)Cc1cc(=O)[nH]c(SCc2csc(-c3ccccc3)n2)n1. The predicted octanol–water partition coefficient (Wildman–Crippen LogP) is 2.90. The highest BCUT2D eigenvalue weighted by molar-refractivity contribution is 7.98. The zero-order valence-corrected chi connectivity index (χ0v) is 15.0. The predicted molar refractivity (Wildman–Crippen MR) is 97.7 cm³/mol. The third kappa shape index (κ3) is 4.77. The molecule has 2 aromatic heterocycles. The number of methoxy groups -OCH3 is 1. The number of hydrogen-bond acceptors (Lipinski definition) is 7. The van der Waals surface area contributed by atoms with E-state index in [9.17, 15) is 9.59 Å². The summed E-state index contributed by atoms with van der Waals surface area (Å²) in [5.74, 6) is 0.148. The van der Waals surface area contributed by atoms with Gasteiger partial charge in [-0.05, 0) is 0 Å². The number of thiazole rings is 1. The third-order valence-electron chi connectivity index (χ3n) is 3.26. The number of esters is 1. The Bertz CT molecular complexity index is 922. The van der Waals surface area contributed by atoms with Gasteiger partial charge in [-0.25, -0.2) is 9.97 Å². The third-order valence-corrected chi connectivity index (χ3v) is 5.10. The number of nitrogens with zero attached hydrogens (tertiary/aromatic N) is 2. The molecule has 128 valence electrons. The maximum Gasteiger partial charge on any atom is 0.311 e. The minimum atomic E-state index is -0.430. The number of nitrogens with one attached hydrogen (secondary N) is 1. The van der Waals surface area contributed by atoms with Gasteiger partial charge in [-0.2, -0.15) is 0 Å². The number of rotatable bonds is 6. The molecule has 1 N–H and O–H groups in total. The molecule has 0 saturated heterocycles. The Morgan fingerprint density at radius 2 is 2.04 bits per heavy atom. The van der Waals surface area contributed by atoms with Crippen molar-refractivity contribution in [2.45, 2.75) is 17.3 Å². The topological polar surface area (TPSA) is 84.9 Å². The average Bonchev–Trinajstić information content (AvgIpc) is 3.09. The van der Waals surface area contributed by atoms with Crippen LogP contribution in [0.25, 0.3) is 10.6 Å². The lowest BCUT2D eigenvalue weighted by molar-refractivity contribution is -0.139. The highest BCUT2D eigenvalue weighted by Gasteiger charge is 2.09. The molecular formula is C17H15N3O3S2. The highest BCUT2D eigenvalue weighted by Crippen LogP contribution is 2.26. The molecule has 0 aliphatic carbocycles. The van der Waals surface area contributed by atoms with Crippen molar-refractivity contribution in [1.82, 2.24) is 15.0 Å². The van der Waals surface area contributed by atoms with Gasteiger partial charge < -0.3 is 9.72 Å². The van der Waals surface area contributed by atoms with Crippen molar-refractivity contribution >= 4 is 29.1 Å². The lowest BCUT2D eigenvalue weighted by Crippen LogP contribution is -2.13. The number of hydrogen-bond donors (Lipinski definition) is 1. The Morgan fingerprint density at radius 1 is 1.24 bits per heavy atom. The Labute approximate surface area is 152 Å². The minimum Gasteiger partial charge on any atom is -0.469 e. The summed E-state index contributed by atoms with van der Waals surface area (Å²) in [4.78, 5) is 34.6. The number of thioether (sulfide) groups is 1. The van der Waals surface area contributed by atoms with Crippen LogP contribution in [0.3, 0.4) is 0 Å². The van der Waals surface area contributed by atoms with Crippen LogP contribution in [0.4, 0.5) is 0 Å². The maximum atomic E-state index is 11.7. The number of carbonyl (C=O) groups is 1. The Balaban J connectivity index is 1.69. The van der Waals surface area contributed by atoms with Crippen molar-refractivity contribution in [3.63, 3.8) is 0 Å². The van der Waals surface area contributed by atoms with E-state index in [4.69, 9.17) is 0 Å². The molecule has 0 atom stereocenters. The molecule has 2 heterocycles. The monoisotopic (exact) mass is 373 g/mol. The number of H-pyrrole nitrogens is 1. The van der Waals surface area contributed by atoms with Gasteiger partial charge in [-0.3, -0.25) is 9.59 Å². The van der Waals surface area contributed by atoms with Gasteiger partial charge >= 0.3 is 5.97 Å². The number of carbonyl (C=O) groups excluding carboxylic acids is 1. The second-order valence-electron chi connectivity index (χ2n) is 5.09. The molecule has 6 nitrogen and oxygen atoms in total. The molecule has 0 spiro atoms. The normalized spacial score (nSPS) is 10.6. The van der Waals surface area contributed by atoms with E-state index in [1.807, 2.05) is 35.7 Å². The van der Waals surface area contributed by atoms with E-state index in [0.29, 0.717) is 16.6 Å². The molecule has 3 aromatic rings. The van der Waals surface area contributed by atoms with Crippen molar-refractivity contribution in [2.75, 3.05) is 7.11 Å². The van der Waals surface area contributed by atoms with Gasteiger partial charge in [0, 0.05) is 22.8 Å². The summed E-state index contributed by atoms with van der Waals surface area (Å²) in [5.41, 5.74) is 2.09. The number of benzene rings is 1. The molecule has 0 unspecified atom stereocenters. The molecule has 1 aromatic carbocycles. The number of aromatic nitrogens is 3. The van der Waals surface area contributed by atoms with Crippen LogP contribution in [0.15, 0.2) is 51.7 Å². The largest absolute Gasteiger partial charge is 0.469 e.